The van der Waals surface area contributed by atoms with Crippen molar-refractivity contribution in [2.24, 2.45) is 11.8 Å². The normalized spacial score (nSPS) is 19.1. The van der Waals surface area contributed by atoms with Crippen LogP contribution in [0.2, 0.25) is 0 Å². The molecule has 9 nitrogen and oxygen atoms in total. The van der Waals surface area contributed by atoms with E-state index in [9.17, 15) is 19.2 Å². The van der Waals surface area contributed by atoms with Gasteiger partial charge in [-0.1, -0.05) is 60.7 Å². The number of hydrogen-bond acceptors (Lipinski definition) is 7. The van der Waals surface area contributed by atoms with E-state index in [0.717, 1.165) is 36.0 Å². The quantitative estimate of drug-likeness (QED) is 0.170. The van der Waals surface area contributed by atoms with Crippen LogP contribution >= 0.6 is 0 Å². The molecular weight excluding hydrogens is 620 g/mol. The summed E-state index contributed by atoms with van der Waals surface area (Å²) in [5, 5.41) is 6.08. The minimum absolute atomic E-state index is 0.0882. The fraction of sp³-hybridized carbons (Fsp3) is 0.400. The topological polar surface area (TPSA) is 120 Å². The Morgan fingerprint density at radius 3 is 2.22 bits per heavy atom. The van der Waals surface area contributed by atoms with Crippen molar-refractivity contribution in [3.8, 4) is 5.75 Å². The zero-order valence-electron chi connectivity index (χ0n) is 28.7. The van der Waals surface area contributed by atoms with E-state index >= 15 is 0 Å². The monoisotopic (exact) mass is 666 g/mol. The molecule has 0 radical (unpaired) electrons. The lowest BCUT2D eigenvalue weighted by Crippen LogP contribution is -2.50. The first-order chi connectivity index (χ1) is 23.5. The van der Waals surface area contributed by atoms with Crippen molar-refractivity contribution < 1.29 is 33.4 Å². The second kappa shape index (κ2) is 16.0. The lowest BCUT2D eigenvalue weighted by Gasteiger charge is -2.33. The predicted molar refractivity (Wildman–Crippen MR) is 186 cm³/mol. The van der Waals surface area contributed by atoms with Crippen molar-refractivity contribution in [2.45, 2.75) is 83.6 Å². The lowest BCUT2D eigenvalue weighted by molar-refractivity contribution is -0.135. The summed E-state index contributed by atoms with van der Waals surface area (Å²) >= 11 is 0. The van der Waals surface area contributed by atoms with Crippen LogP contribution in [0.3, 0.4) is 0 Å². The maximum absolute atomic E-state index is 14.3. The molecule has 3 aromatic rings. The van der Waals surface area contributed by atoms with Gasteiger partial charge in [0.15, 0.2) is 5.78 Å². The highest BCUT2D eigenvalue weighted by Gasteiger charge is 2.39. The van der Waals surface area contributed by atoms with Gasteiger partial charge in [0.05, 0.1) is 30.7 Å². The number of ether oxygens (including phenoxy) is 3. The third-order valence-corrected chi connectivity index (χ3v) is 9.00. The Bertz CT molecular complexity index is 1660. The van der Waals surface area contributed by atoms with Gasteiger partial charge in [0.1, 0.15) is 18.0 Å². The molecule has 0 spiro atoms. The molecule has 3 aromatic carbocycles. The van der Waals surface area contributed by atoms with Gasteiger partial charge in [0.25, 0.3) is 0 Å². The highest BCUT2D eigenvalue weighted by Crippen LogP contribution is 2.33. The van der Waals surface area contributed by atoms with Gasteiger partial charge < -0.3 is 24.8 Å². The van der Waals surface area contributed by atoms with Gasteiger partial charge in [0, 0.05) is 5.92 Å². The maximum atomic E-state index is 14.3. The summed E-state index contributed by atoms with van der Waals surface area (Å²) in [6.07, 6.45) is 7.15. The summed E-state index contributed by atoms with van der Waals surface area (Å²) in [5.41, 5.74) is 3.81. The summed E-state index contributed by atoms with van der Waals surface area (Å²) in [4.78, 5) is 52.7. The number of alkyl carbamates (subject to hydrolysis) is 1. The molecule has 9 heteroatoms. The lowest BCUT2D eigenvalue weighted by atomic mass is 9.76. The Morgan fingerprint density at radius 2 is 1.53 bits per heavy atom. The smallest absolute Gasteiger partial charge is 0.408 e. The zero-order chi connectivity index (χ0) is 35.0. The highest BCUT2D eigenvalue weighted by atomic mass is 16.6. The van der Waals surface area contributed by atoms with Gasteiger partial charge in [-0.2, -0.15) is 0 Å². The van der Waals surface area contributed by atoms with Crippen molar-refractivity contribution in [2.75, 3.05) is 7.11 Å². The molecule has 4 atom stereocenters. The number of ketones is 1. The first-order valence-corrected chi connectivity index (χ1v) is 17.0. The number of benzene rings is 3. The van der Waals surface area contributed by atoms with Crippen molar-refractivity contribution in [1.82, 2.24) is 10.6 Å². The van der Waals surface area contributed by atoms with Crippen molar-refractivity contribution in [3.63, 3.8) is 0 Å². The number of allylic oxidation sites excluding steroid dienone is 2. The predicted octanol–water partition coefficient (Wildman–Crippen LogP) is 6.83. The van der Waals surface area contributed by atoms with Crippen LogP contribution < -0.4 is 15.4 Å². The molecule has 49 heavy (non-hydrogen) atoms. The molecule has 258 valence electrons. The third kappa shape index (κ3) is 9.59. The van der Waals surface area contributed by atoms with E-state index in [4.69, 9.17) is 14.2 Å². The Labute approximate surface area is 288 Å². The van der Waals surface area contributed by atoms with Crippen LogP contribution in [0.25, 0.3) is 0 Å². The van der Waals surface area contributed by atoms with E-state index in [-0.39, 0.29) is 24.2 Å². The van der Waals surface area contributed by atoms with Gasteiger partial charge in [-0.3, -0.25) is 9.59 Å². The Balaban J connectivity index is 1.28. The van der Waals surface area contributed by atoms with E-state index in [1.54, 1.807) is 45.0 Å². The Morgan fingerprint density at radius 1 is 0.857 bits per heavy atom. The molecule has 0 unspecified atom stereocenters. The second-order valence-electron chi connectivity index (χ2n) is 13.7. The van der Waals surface area contributed by atoms with E-state index in [1.807, 2.05) is 48.6 Å². The highest BCUT2D eigenvalue weighted by molar-refractivity contribution is 5.94. The van der Waals surface area contributed by atoms with Gasteiger partial charge in [-0.05, 0) is 106 Å². The molecule has 0 aliphatic heterocycles. The molecule has 5 rings (SSSR count). The molecular formula is C40H46N2O7. The molecule has 0 heterocycles. The summed E-state index contributed by atoms with van der Waals surface area (Å²) in [5.74, 6) is -1.26. The van der Waals surface area contributed by atoms with Crippen LogP contribution in [-0.2, 0) is 38.5 Å². The SMILES string of the molecule is COC(=O)c1ccc(COc2ccc(C[C@H](NC(=O)OC(C)(C)C)C(=O)[C@H]3CC=CC[C@H]3C(=O)N[C@@H]3CCCc4ccccc43)cc2)cc1. The van der Waals surface area contributed by atoms with Crippen LogP contribution in [-0.4, -0.2) is 42.5 Å². The van der Waals surface area contributed by atoms with Gasteiger partial charge in [0.2, 0.25) is 5.91 Å². The summed E-state index contributed by atoms with van der Waals surface area (Å²) in [6.45, 7) is 5.61. The number of carbonyl (C=O) groups excluding carboxylic acids is 4. The Kier molecular flexibility index (Phi) is 11.5. The number of esters is 1. The van der Waals surface area contributed by atoms with Crippen molar-refractivity contribution >= 4 is 23.8 Å². The average molecular weight is 667 g/mol. The average Bonchev–Trinajstić information content (AvgIpc) is 3.10. The van der Waals surface area contributed by atoms with E-state index in [0.29, 0.717) is 30.8 Å². The van der Waals surface area contributed by atoms with E-state index < -0.39 is 35.5 Å². The fourth-order valence-electron chi connectivity index (χ4n) is 6.51. The molecule has 0 saturated carbocycles. The largest absolute Gasteiger partial charge is 0.489 e. The van der Waals surface area contributed by atoms with Crippen LogP contribution in [0.5, 0.6) is 5.75 Å². The van der Waals surface area contributed by atoms with E-state index in [2.05, 4.69) is 22.8 Å². The molecule has 0 bridgehead atoms. The number of hydrogen-bond donors (Lipinski definition) is 2. The van der Waals surface area contributed by atoms with Gasteiger partial charge in [-0.25, -0.2) is 9.59 Å². The number of methoxy groups -OCH3 is 1. The fourth-order valence-corrected chi connectivity index (χ4v) is 6.51. The number of aryl methyl sites for hydroxylation is 1. The number of Topliss-reactive ketones (excluding diaryl/α,β-unsaturated/α-hetero) is 1. The summed E-state index contributed by atoms with van der Waals surface area (Å²) in [6, 6.07) is 21.6. The first kappa shape index (κ1) is 35.4. The van der Waals surface area contributed by atoms with Crippen LogP contribution in [0.15, 0.2) is 84.9 Å². The zero-order valence-corrected chi connectivity index (χ0v) is 28.7. The van der Waals surface area contributed by atoms with Crippen LogP contribution in [0, 0.1) is 11.8 Å². The molecule has 0 fully saturated rings. The second-order valence-corrected chi connectivity index (χ2v) is 13.7. The standard InChI is InChI=1S/C40H46N2O7/c1-40(2,3)49-39(46)42-35(24-26-18-22-30(23-19-26)48-25-27-16-20-29(21-17-27)38(45)47-4)36(43)32-13-7-8-14-33(32)37(44)41-34-15-9-11-28-10-5-6-12-31(28)34/h5-8,10,12,16-23,32-35H,9,11,13-15,24-25H2,1-4H3,(H,41,44)(H,42,46)/t32-,33+,34+,35-/m0/s1. The molecule has 2 amide bonds. The first-order valence-electron chi connectivity index (χ1n) is 17.0. The summed E-state index contributed by atoms with van der Waals surface area (Å²) < 4.78 is 16.2. The number of carbonyl (C=O) groups is 4. The number of rotatable bonds is 11. The number of amides is 2. The van der Waals surface area contributed by atoms with Crippen LogP contribution in [0.1, 0.15) is 85.1 Å². The summed E-state index contributed by atoms with van der Waals surface area (Å²) in [7, 11) is 1.34. The maximum Gasteiger partial charge on any atom is 0.408 e. The number of nitrogens with one attached hydrogen (secondary N) is 2. The molecule has 2 N–H and O–H groups in total. The molecule has 2 aliphatic rings. The van der Waals surface area contributed by atoms with Crippen molar-refractivity contribution in [1.29, 1.82) is 0 Å². The molecule has 2 aliphatic carbocycles. The Hall–Kier alpha value is -4.92. The number of fused-ring (bicyclic) bond motifs is 1. The minimum Gasteiger partial charge on any atom is -0.489 e. The minimum atomic E-state index is -0.905. The van der Waals surface area contributed by atoms with Gasteiger partial charge >= 0.3 is 12.1 Å². The van der Waals surface area contributed by atoms with E-state index in [1.165, 1.54) is 12.7 Å². The molecule has 0 aromatic heterocycles. The van der Waals surface area contributed by atoms with Crippen molar-refractivity contribution in [3.05, 3.63) is 113 Å². The molecule has 0 saturated heterocycles. The third-order valence-electron chi connectivity index (χ3n) is 9.00. The van der Waals surface area contributed by atoms with Gasteiger partial charge in [-0.15, -0.1) is 0 Å². The van der Waals surface area contributed by atoms with Crippen LogP contribution in [0.4, 0.5) is 4.79 Å².